The summed E-state index contributed by atoms with van der Waals surface area (Å²) in [7, 11) is 0. The molecule has 1 aromatic heterocycles. The lowest BCUT2D eigenvalue weighted by Gasteiger charge is -2.10. The minimum Gasteiger partial charge on any atom is -0.379 e. The topological polar surface area (TPSA) is 102 Å². The Balaban J connectivity index is 1.54. The molecule has 0 spiro atoms. The first-order chi connectivity index (χ1) is 13.5. The van der Waals surface area contributed by atoms with E-state index in [-0.39, 0.29) is 24.6 Å². The van der Waals surface area contributed by atoms with Gasteiger partial charge in [0.15, 0.2) is 0 Å². The first kappa shape index (κ1) is 19.4. The van der Waals surface area contributed by atoms with Crippen molar-refractivity contribution in [3.63, 3.8) is 0 Å². The van der Waals surface area contributed by atoms with Crippen molar-refractivity contribution in [2.45, 2.75) is 13.0 Å². The normalized spacial score (nSPS) is 10.5. The van der Waals surface area contributed by atoms with Crippen molar-refractivity contribution < 1.29 is 9.72 Å². The van der Waals surface area contributed by atoms with E-state index in [0.29, 0.717) is 23.1 Å². The zero-order valence-corrected chi connectivity index (χ0v) is 15.6. The van der Waals surface area contributed by atoms with Crippen molar-refractivity contribution in [3.8, 4) is 0 Å². The summed E-state index contributed by atoms with van der Waals surface area (Å²) in [5.41, 5.74) is 1.36. The molecule has 0 unspecified atom stereocenters. The molecule has 0 bridgehead atoms. The molecular weight excluding hydrogens is 382 g/mol. The highest BCUT2D eigenvalue weighted by Gasteiger charge is 2.13. The van der Waals surface area contributed by atoms with E-state index in [1.54, 1.807) is 47.3 Å². The number of para-hydroxylation sites is 2. The second-order valence-electron chi connectivity index (χ2n) is 6.00. The first-order valence-corrected chi connectivity index (χ1v) is 8.94. The zero-order valence-electron chi connectivity index (χ0n) is 14.8. The molecule has 144 valence electrons. The molecule has 2 aromatic carbocycles. The summed E-state index contributed by atoms with van der Waals surface area (Å²) in [6, 6.07) is 15.4. The van der Waals surface area contributed by atoms with Gasteiger partial charge in [-0.3, -0.25) is 14.9 Å². The molecule has 0 radical (unpaired) electrons. The maximum Gasteiger partial charge on any atom is 0.292 e. The van der Waals surface area contributed by atoms with E-state index in [1.807, 2.05) is 12.1 Å². The number of benzene rings is 2. The van der Waals surface area contributed by atoms with Crippen LogP contribution in [0.5, 0.6) is 0 Å². The van der Waals surface area contributed by atoms with Crippen LogP contribution in [-0.2, 0) is 11.3 Å². The maximum absolute atomic E-state index is 12.2. The van der Waals surface area contributed by atoms with Gasteiger partial charge in [0.2, 0.25) is 5.91 Å². The van der Waals surface area contributed by atoms with E-state index in [9.17, 15) is 14.9 Å². The first-order valence-electron chi connectivity index (χ1n) is 8.56. The van der Waals surface area contributed by atoms with Crippen molar-refractivity contribution in [1.29, 1.82) is 0 Å². The molecule has 28 heavy (non-hydrogen) atoms. The average Bonchev–Trinajstić information content (AvgIpc) is 3.10. The number of nitro groups is 1. The van der Waals surface area contributed by atoms with Crippen LogP contribution < -0.4 is 10.6 Å². The van der Waals surface area contributed by atoms with Crippen molar-refractivity contribution in [3.05, 3.63) is 81.5 Å². The molecule has 2 N–H and O–H groups in total. The number of nitrogens with one attached hydrogen (secondary N) is 2. The van der Waals surface area contributed by atoms with Gasteiger partial charge in [-0.2, -0.15) is 5.10 Å². The summed E-state index contributed by atoms with van der Waals surface area (Å²) in [6.45, 7) is 0.760. The minimum atomic E-state index is -0.461. The van der Waals surface area contributed by atoms with Crippen LogP contribution in [0.15, 0.2) is 60.8 Å². The van der Waals surface area contributed by atoms with Gasteiger partial charge in [0.1, 0.15) is 11.5 Å². The SMILES string of the molecule is O=C(CCNc1ccccc1[N+](=O)[O-])Nc1ccnn1Cc1ccc(Cl)cc1. The molecule has 9 heteroatoms. The van der Waals surface area contributed by atoms with Gasteiger partial charge in [0.05, 0.1) is 17.7 Å². The molecule has 0 atom stereocenters. The van der Waals surface area contributed by atoms with Crippen LogP contribution >= 0.6 is 11.6 Å². The van der Waals surface area contributed by atoms with Crippen molar-refractivity contribution in [1.82, 2.24) is 9.78 Å². The number of hydrogen-bond acceptors (Lipinski definition) is 5. The van der Waals surface area contributed by atoms with Gasteiger partial charge < -0.3 is 10.6 Å². The second kappa shape index (κ2) is 9.01. The number of nitrogens with zero attached hydrogens (tertiary/aromatic N) is 3. The molecular formula is C19H18ClN5O3. The summed E-state index contributed by atoms with van der Waals surface area (Å²) in [6.07, 6.45) is 1.76. The fourth-order valence-corrected chi connectivity index (χ4v) is 2.75. The summed E-state index contributed by atoms with van der Waals surface area (Å²) >= 11 is 5.89. The minimum absolute atomic E-state index is 0.0241. The van der Waals surface area contributed by atoms with Crippen LogP contribution in [0.25, 0.3) is 0 Å². The van der Waals surface area contributed by atoms with Gasteiger partial charge in [-0.25, -0.2) is 4.68 Å². The molecule has 1 amide bonds. The Bertz CT molecular complexity index is 972. The third-order valence-electron chi connectivity index (χ3n) is 4.00. The second-order valence-corrected chi connectivity index (χ2v) is 6.44. The quantitative estimate of drug-likeness (QED) is 0.441. The predicted octanol–water partition coefficient (Wildman–Crippen LogP) is 3.93. The van der Waals surface area contributed by atoms with E-state index >= 15 is 0 Å². The molecule has 3 aromatic rings. The summed E-state index contributed by atoms with van der Waals surface area (Å²) in [5.74, 6) is 0.356. The molecule has 1 heterocycles. The number of hydrogen-bond donors (Lipinski definition) is 2. The number of halogens is 1. The molecule has 0 fully saturated rings. The Morgan fingerprint density at radius 3 is 2.64 bits per heavy atom. The molecule has 0 aliphatic carbocycles. The molecule has 0 saturated heterocycles. The monoisotopic (exact) mass is 399 g/mol. The maximum atomic E-state index is 12.2. The predicted molar refractivity (Wildman–Crippen MR) is 108 cm³/mol. The third kappa shape index (κ3) is 5.08. The number of carbonyl (C=O) groups excluding carboxylic acids is 1. The Labute approximate surface area is 166 Å². The fourth-order valence-electron chi connectivity index (χ4n) is 2.63. The number of anilines is 2. The Morgan fingerprint density at radius 2 is 1.89 bits per heavy atom. The molecule has 0 aliphatic heterocycles. The van der Waals surface area contributed by atoms with Gasteiger partial charge >= 0.3 is 0 Å². The number of rotatable bonds is 8. The fraction of sp³-hybridized carbons (Fsp3) is 0.158. The molecule has 0 saturated carbocycles. The van der Waals surface area contributed by atoms with Crippen LogP contribution in [0.3, 0.4) is 0 Å². The summed E-state index contributed by atoms with van der Waals surface area (Å²) in [4.78, 5) is 22.8. The highest BCUT2D eigenvalue weighted by Crippen LogP contribution is 2.23. The lowest BCUT2D eigenvalue weighted by molar-refractivity contribution is -0.384. The smallest absolute Gasteiger partial charge is 0.292 e. The van der Waals surface area contributed by atoms with Gasteiger partial charge in [-0.1, -0.05) is 35.9 Å². The van der Waals surface area contributed by atoms with E-state index in [1.165, 1.54) is 6.07 Å². The van der Waals surface area contributed by atoms with Crippen LogP contribution in [0.4, 0.5) is 17.2 Å². The van der Waals surface area contributed by atoms with E-state index in [4.69, 9.17) is 11.6 Å². The molecule has 3 rings (SSSR count). The Hall–Kier alpha value is -3.39. The third-order valence-corrected chi connectivity index (χ3v) is 4.25. The van der Waals surface area contributed by atoms with Gasteiger partial charge in [-0.05, 0) is 23.8 Å². The van der Waals surface area contributed by atoms with Crippen LogP contribution in [0, 0.1) is 10.1 Å². The highest BCUT2D eigenvalue weighted by atomic mass is 35.5. The van der Waals surface area contributed by atoms with E-state index < -0.39 is 4.92 Å². The summed E-state index contributed by atoms with van der Waals surface area (Å²) < 4.78 is 1.68. The van der Waals surface area contributed by atoms with E-state index in [2.05, 4.69) is 15.7 Å². The number of nitro benzene ring substituents is 1. The Morgan fingerprint density at radius 1 is 1.14 bits per heavy atom. The van der Waals surface area contributed by atoms with Crippen molar-refractivity contribution in [2.24, 2.45) is 0 Å². The van der Waals surface area contributed by atoms with Gasteiger partial charge in [0.25, 0.3) is 5.69 Å². The van der Waals surface area contributed by atoms with E-state index in [0.717, 1.165) is 5.56 Å². The van der Waals surface area contributed by atoms with Crippen LogP contribution in [0.1, 0.15) is 12.0 Å². The van der Waals surface area contributed by atoms with Gasteiger partial charge in [-0.15, -0.1) is 0 Å². The van der Waals surface area contributed by atoms with Crippen molar-refractivity contribution >= 4 is 34.7 Å². The highest BCUT2D eigenvalue weighted by molar-refractivity contribution is 6.30. The van der Waals surface area contributed by atoms with Crippen LogP contribution in [0.2, 0.25) is 5.02 Å². The van der Waals surface area contributed by atoms with Crippen molar-refractivity contribution in [2.75, 3.05) is 17.2 Å². The zero-order chi connectivity index (χ0) is 19.9. The molecule has 0 aliphatic rings. The average molecular weight is 400 g/mol. The molecule has 8 nitrogen and oxygen atoms in total. The standard InChI is InChI=1S/C19H18ClN5O3/c20-15-7-5-14(6-8-15)13-24-18(9-12-22-24)23-19(26)10-11-21-16-3-1-2-4-17(16)25(27)28/h1-9,12,21H,10-11,13H2,(H,23,26). The lowest BCUT2D eigenvalue weighted by atomic mass is 10.2. The van der Waals surface area contributed by atoms with Gasteiger partial charge in [0, 0.05) is 30.1 Å². The lowest BCUT2D eigenvalue weighted by Crippen LogP contribution is -2.19. The largest absolute Gasteiger partial charge is 0.379 e. The van der Waals surface area contributed by atoms with Crippen LogP contribution in [-0.4, -0.2) is 27.2 Å². The number of amides is 1. The Kier molecular flexibility index (Phi) is 6.23. The number of carbonyl (C=O) groups is 1. The number of aromatic nitrogens is 2. The summed E-state index contributed by atoms with van der Waals surface area (Å²) in [5, 5.41) is 21.6.